The molecule has 42 heavy (non-hydrogen) atoms. The minimum absolute atomic E-state index is 0.158. The van der Waals surface area contributed by atoms with Crippen molar-refractivity contribution in [1.82, 2.24) is 5.32 Å². The van der Waals surface area contributed by atoms with Gasteiger partial charge in [-0.15, -0.1) is 0 Å². The van der Waals surface area contributed by atoms with Gasteiger partial charge in [0.1, 0.15) is 6.04 Å². The van der Waals surface area contributed by atoms with E-state index in [1.165, 1.54) is 12.1 Å². The maximum atomic E-state index is 13.1. The highest BCUT2D eigenvalue weighted by atomic mass is 19.4. The second-order valence-electron chi connectivity index (χ2n) is 10.3. The second kappa shape index (κ2) is 13.5. The van der Waals surface area contributed by atoms with Crippen LogP contribution in [0.2, 0.25) is 0 Å². The third-order valence-electron chi connectivity index (χ3n) is 7.29. The Hall–Kier alpha value is -4.34. The average Bonchev–Trinajstić information content (AvgIpc) is 2.97. The van der Waals surface area contributed by atoms with Crippen molar-refractivity contribution >= 4 is 29.2 Å². The molecule has 4 rings (SSSR count). The molecule has 1 saturated heterocycles. The largest absolute Gasteiger partial charge is 0.464 e. The van der Waals surface area contributed by atoms with Crippen LogP contribution in [0.1, 0.15) is 49.0 Å². The fourth-order valence-electron chi connectivity index (χ4n) is 5.01. The molecule has 0 aromatic heterocycles. The van der Waals surface area contributed by atoms with Crippen LogP contribution in [0.5, 0.6) is 0 Å². The number of hydrogen-bond acceptors (Lipinski definition) is 5. The molecule has 2 N–H and O–H groups in total. The first kappa shape index (κ1) is 30.6. The van der Waals surface area contributed by atoms with Crippen molar-refractivity contribution in [3.8, 4) is 11.1 Å². The summed E-state index contributed by atoms with van der Waals surface area (Å²) in [7, 11) is 0. The molecule has 2 amide bonds. The summed E-state index contributed by atoms with van der Waals surface area (Å²) in [6.07, 6.45) is -2.41. The summed E-state index contributed by atoms with van der Waals surface area (Å²) < 4.78 is 43.8. The molecular formula is C32H34F3N3O4. The Balaban J connectivity index is 1.31. The van der Waals surface area contributed by atoms with E-state index >= 15 is 0 Å². The van der Waals surface area contributed by atoms with E-state index in [9.17, 15) is 27.6 Å². The maximum Gasteiger partial charge on any atom is 0.416 e. The lowest BCUT2D eigenvalue weighted by Gasteiger charge is -2.33. The number of halogens is 3. The third-order valence-corrected chi connectivity index (χ3v) is 7.29. The minimum atomic E-state index is -4.43. The Kier molecular flexibility index (Phi) is 9.88. The number of ether oxygens (including phenoxy) is 1. The molecule has 3 aromatic rings. The lowest BCUT2D eigenvalue weighted by molar-refractivity contribution is -0.147. The lowest BCUT2D eigenvalue weighted by Crippen LogP contribution is -2.41. The van der Waals surface area contributed by atoms with Gasteiger partial charge in [0.05, 0.1) is 12.2 Å². The number of carbonyl (C=O) groups is 3. The lowest BCUT2D eigenvalue weighted by atomic mass is 9.92. The third kappa shape index (κ3) is 7.90. The zero-order chi connectivity index (χ0) is 30.3. The number of nitrogens with zero attached hydrogens (tertiary/aromatic N) is 1. The molecule has 1 atom stereocenters. The maximum absolute atomic E-state index is 13.1. The fraction of sp³-hybridized carbons (Fsp3) is 0.344. The van der Waals surface area contributed by atoms with E-state index in [1.54, 1.807) is 38.1 Å². The predicted molar refractivity (Wildman–Crippen MR) is 155 cm³/mol. The van der Waals surface area contributed by atoms with Crippen LogP contribution in [0, 0.1) is 5.92 Å². The molecule has 1 aliphatic heterocycles. The second-order valence-corrected chi connectivity index (χ2v) is 10.3. The van der Waals surface area contributed by atoms with E-state index in [2.05, 4.69) is 15.5 Å². The first-order valence-electron chi connectivity index (χ1n) is 13.9. The van der Waals surface area contributed by atoms with Crippen LogP contribution in [0.3, 0.4) is 0 Å². The number of alkyl halides is 3. The molecule has 10 heteroatoms. The topological polar surface area (TPSA) is 87.7 Å². The van der Waals surface area contributed by atoms with E-state index in [4.69, 9.17) is 4.74 Å². The summed E-state index contributed by atoms with van der Waals surface area (Å²) in [5, 5.41) is 5.59. The van der Waals surface area contributed by atoms with Gasteiger partial charge in [0, 0.05) is 36.4 Å². The first-order chi connectivity index (χ1) is 20.0. The molecule has 0 saturated carbocycles. The predicted octanol–water partition coefficient (Wildman–Crippen LogP) is 6.30. The molecule has 0 bridgehead atoms. The number of amides is 2. The highest BCUT2D eigenvalue weighted by molar-refractivity contribution is 6.08. The zero-order valence-corrected chi connectivity index (χ0v) is 23.5. The average molecular weight is 582 g/mol. The van der Waals surface area contributed by atoms with Crippen molar-refractivity contribution in [3.63, 3.8) is 0 Å². The van der Waals surface area contributed by atoms with Crippen LogP contribution in [0.15, 0.2) is 72.8 Å². The van der Waals surface area contributed by atoms with Crippen LogP contribution >= 0.6 is 0 Å². The van der Waals surface area contributed by atoms with Crippen molar-refractivity contribution < 1.29 is 32.3 Å². The molecule has 222 valence electrons. The van der Waals surface area contributed by atoms with E-state index in [-0.39, 0.29) is 24.3 Å². The van der Waals surface area contributed by atoms with Gasteiger partial charge in [-0.3, -0.25) is 9.59 Å². The minimum Gasteiger partial charge on any atom is -0.464 e. The number of rotatable bonds is 9. The Bertz CT molecular complexity index is 1380. The van der Waals surface area contributed by atoms with Gasteiger partial charge in [-0.2, -0.15) is 13.2 Å². The number of hydrogen-bond donors (Lipinski definition) is 2. The van der Waals surface area contributed by atoms with Gasteiger partial charge in [-0.25, -0.2) is 4.79 Å². The summed E-state index contributed by atoms with van der Waals surface area (Å²) >= 11 is 0. The summed E-state index contributed by atoms with van der Waals surface area (Å²) in [6, 6.07) is 18.3. The summed E-state index contributed by atoms with van der Waals surface area (Å²) in [4.78, 5) is 39.4. The van der Waals surface area contributed by atoms with E-state index in [0.717, 1.165) is 43.8 Å². The fourth-order valence-corrected chi connectivity index (χ4v) is 5.01. The molecule has 1 aliphatic rings. The smallest absolute Gasteiger partial charge is 0.416 e. The monoisotopic (exact) mass is 581 g/mol. The summed E-state index contributed by atoms with van der Waals surface area (Å²) in [6.45, 7) is 5.15. The van der Waals surface area contributed by atoms with Crippen molar-refractivity contribution in [2.75, 3.05) is 29.9 Å². The van der Waals surface area contributed by atoms with Gasteiger partial charge < -0.3 is 20.3 Å². The SMILES string of the molecule is CCOC(=O)C(C)NC(=O)CC1CCN(c2ccc(NC(=O)c3ccccc3-c3ccc(C(F)(F)F)cc3)cc2)CC1. The molecule has 7 nitrogen and oxygen atoms in total. The molecule has 1 fully saturated rings. The van der Waals surface area contributed by atoms with Crippen molar-refractivity contribution in [1.29, 1.82) is 0 Å². The standard InChI is InChI=1S/C32H34F3N3O4/c1-3-42-31(41)21(2)36-29(39)20-22-16-18-38(19-17-22)26-14-12-25(13-15-26)37-30(40)28-7-5-4-6-27(28)23-8-10-24(11-9-23)32(33,34)35/h4-15,21-22H,3,16-20H2,1-2H3,(H,36,39)(H,37,40). The van der Waals surface area contributed by atoms with Crippen LogP contribution in [0.25, 0.3) is 11.1 Å². The zero-order valence-electron chi connectivity index (χ0n) is 23.5. The number of benzene rings is 3. The number of nitrogens with one attached hydrogen (secondary N) is 2. The van der Waals surface area contributed by atoms with E-state index < -0.39 is 23.8 Å². The Morgan fingerprint density at radius 1 is 0.952 bits per heavy atom. The van der Waals surface area contributed by atoms with Gasteiger partial charge in [-0.05, 0) is 86.2 Å². The Morgan fingerprint density at radius 2 is 1.60 bits per heavy atom. The molecule has 3 aromatic carbocycles. The highest BCUT2D eigenvalue weighted by Crippen LogP contribution is 2.32. The van der Waals surface area contributed by atoms with E-state index in [1.807, 2.05) is 24.3 Å². The molecule has 1 unspecified atom stereocenters. The molecule has 0 aliphatic carbocycles. The summed E-state index contributed by atoms with van der Waals surface area (Å²) in [5.41, 5.74) is 2.24. The molecule has 1 heterocycles. The van der Waals surface area contributed by atoms with Crippen LogP contribution in [-0.2, 0) is 20.5 Å². The first-order valence-corrected chi connectivity index (χ1v) is 13.9. The Morgan fingerprint density at radius 3 is 2.21 bits per heavy atom. The quantitative estimate of drug-likeness (QED) is 0.290. The van der Waals surface area contributed by atoms with Crippen LogP contribution < -0.4 is 15.5 Å². The molecular weight excluding hydrogens is 547 g/mol. The van der Waals surface area contributed by atoms with Crippen molar-refractivity contribution in [2.45, 2.75) is 45.3 Å². The normalized spacial score (nSPS) is 14.6. The van der Waals surface area contributed by atoms with Crippen LogP contribution in [0.4, 0.5) is 24.5 Å². The van der Waals surface area contributed by atoms with Gasteiger partial charge >= 0.3 is 12.1 Å². The van der Waals surface area contributed by atoms with E-state index in [0.29, 0.717) is 28.8 Å². The number of anilines is 2. The molecule has 0 radical (unpaired) electrons. The van der Waals surface area contributed by atoms with Gasteiger partial charge in [0.15, 0.2) is 0 Å². The number of esters is 1. The van der Waals surface area contributed by atoms with Gasteiger partial charge in [0.2, 0.25) is 5.91 Å². The van der Waals surface area contributed by atoms with Gasteiger partial charge in [-0.1, -0.05) is 30.3 Å². The van der Waals surface area contributed by atoms with Gasteiger partial charge in [0.25, 0.3) is 5.91 Å². The van der Waals surface area contributed by atoms with Crippen molar-refractivity contribution in [3.05, 3.63) is 83.9 Å². The highest BCUT2D eigenvalue weighted by Gasteiger charge is 2.30. The van der Waals surface area contributed by atoms with Crippen LogP contribution in [-0.4, -0.2) is 43.5 Å². The number of carbonyl (C=O) groups excluding carboxylic acids is 3. The molecule has 0 spiro atoms. The summed E-state index contributed by atoms with van der Waals surface area (Å²) in [5.74, 6) is -0.744. The Labute approximate surface area is 243 Å². The number of piperidine rings is 1. The van der Waals surface area contributed by atoms with Crippen molar-refractivity contribution in [2.24, 2.45) is 5.92 Å².